The van der Waals surface area contributed by atoms with Gasteiger partial charge in [0.1, 0.15) is 19.0 Å². The zero-order valence-electron chi connectivity index (χ0n) is 8.87. The van der Waals surface area contributed by atoms with Crippen molar-refractivity contribution < 1.29 is 9.47 Å². The average Bonchev–Trinajstić information content (AvgIpc) is 2.77. The third-order valence-corrected chi connectivity index (χ3v) is 2.83. The smallest absolute Gasteiger partial charge is 0.180 e. The van der Waals surface area contributed by atoms with Crippen molar-refractivity contribution in [2.45, 2.75) is 0 Å². The Hall–Kier alpha value is -1.88. The number of anilines is 1. The second kappa shape index (κ2) is 3.85. The van der Waals surface area contributed by atoms with Crippen molar-refractivity contribution in [3.8, 4) is 22.8 Å². The Balaban J connectivity index is 2.17. The molecule has 1 aliphatic rings. The van der Waals surface area contributed by atoms with Crippen molar-refractivity contribution in [2.24, 2.45) is 0 Å². The molecule has 1 aromatic carbocycles. The number of fused-ring (bicyclic) bond motifs is 1. The highest BCUT2D eigenvalue weighted by Gasteiger charge is 2.21. The van der Waals surface area contributed by atoms with Gasteiger partial charge < -0.3 is 15.2 Å². The van der Waals surface area contributed by atoms with E-state index in [1.54, 1.807) is 12.1 Å². The summed E-state index contributed by atoms with van der Waals surface area (Å²) in [6, 6.07) is 5.35. The van der Waals surface area contributed by atoms with E-state index in [4.69, 9.17) is 26.8 Å². The van der Waals surface area contributed by atoms with E-state index in [0.717, 1.165) is 11.3 Å². The molecular formula is C11H10ClN3O2. The minimum atomic E-state index is 0.431. The van der Waals surface area contributed by atoms with E-state index in [2.05, 4.69) is 10.2 Å². The Bertz CT molecular complexity index is 568. The molecule has 1 aromatic heterocycles. The van der Waals surface area contributed by atoms with Gasteiger partial charge in [0.05, 0.1) is 10.7 Å². The number of aromatic nitrogens is 2. The van der Waals surface area contributed by atoms with Gasteiger partial charge in [-0.1, -0.05) is 11.6 Å². The van der Waals surface area contributed by atoms with Gasteiger partial charge >= 0.3 is 0 Å². The fourth-order valence-electron chi connectivity index (χ4n) is 1.79. The molecule has 2 heterocycles. The van der Waals surface area contributed by atoms with E-state index >= 15 is 0 Å². The maximum absolute atomic E-state index is 6.05. The van der Waals surface area contributed by atoms with Crippen LogP contribution in [0, 0.1) is 0 Å². The molecule has 6 heteroatoms. The van der Waals surface area contributed by atoms with Gasteiger partial charge in [0, 0.05) is 11.6 Å². The van der Waals surface area contributed by atoms with Crippen LogP contribution >= 0.6 is 11.6 Å². The zero-order chi connectivity index (χ0) is 11.8. The number of nitrogens with zero attached hydrogens (tertiary/aromatic N) is 1. The van der Waals surface area contributed by atoms with E-state index in [0.29, 0.717) is 35.6 Å². The van der Waals surface area contributed by atoms with Crippen molar-refractivity contribution >= 4 is 17.4 Å². The zero-order valence-corrected chi connectivity index (χ0v) is 9.62. The SMILES string of the molecule is Nc1cc(-c2ccc(Cl)c3c2OCCO3)[nH]n1. The quantitative estimate of drug-likeness (QED) is 0.814. The van der Waals surface area contributed by atoms with Gasteiger partial charge in [-0.25, -0.2) is 0 Å². The van der Waals surface area contributed by atoms with Crippen LogP contribution in [0.3, 0.4) is 0 Å². The minimum absolute atomic E-state index is 0.431. The monoisotopic (exact) mass is 251 g/mol. The van der Waals surface area contributed by atoms with Crippen LogP contribution < -0.4 is 15.2 Å². The molecule has 1 aliphatic heterocycles. The minimum Gasteiger partial charge on any atom is -0.485 e. The van der Waals surface area contributed by atoms with Crippen LogP contribution in [0.1, 0.15) is 0 Å². The Morgan fingerprint density at radius 2 is 2.00 bits per heavy atom. The summed E-state index contributed by atoms with van der Waals surface area (Å²) in [5.41, 5.74) is 7.20. The Morgan fingerprint density at radius 3 is 2.71 bits per heavy atom. The standard InChI is InChI=1S/C11H10ClN3O2/c12-7-2-1-6(8-5-9(13)15-14-8)10-11(7)17-4-3-16-10/h1-2,5H,3-4H2,(H3,13,14,15). The van der Waals surface area contributed by atoms with E-state index < -0.39 is 0 Å². The van der Waals surface area contributed by atoms with Crippen LogP contribution in [0.2, 0.25) is 5.02 Å². The molecule has 5 nitrogen and oxygen atoms in total. The number of ether oxygens (including phenoxy) is 2. The summed E-state index contributed by atoms with van der Waals surface area (Å²) < 4.78 is 11.1. The lowest BCUT2D eigenvalue weighted by molar-refractivity contribution is 0.172. The number of hydrogen-bond donors (Lipinski definition) is 2. The first-order chi connectivity index (χ1) is 8.25. The number of H-pyrrole nitrogens is 1. The van der Waals surface area contributed by atoms with Crippen molar-refractivity contribution in [3.05, 3.63) is 23.2 Å². The molecule has 0 saturated carbocycles. The first-order valence-corrected chi connectivity index (χ1v) is 5.53. The third kappa shape index (κ3) is 1.68. The molecule has 0 fully saturated rings. The van der Waals surface area contributed by atoms with Crippen LogP contribution in [0.4, 0.5) is 5.82 Å². The summed E-state index contributed by atoms with van der Waals surface area (Å²) in [5, 5.41) is 7.26. The average molecular weight is 252 g/mol. The second-order valence-corrected chi connectivity index (χ2v) is 4.06. The summed E-state index contributed by atoms with van der Waals surface area (Å²) >= 11 is 6.05. The number of benzene rings is 1. The van der Waals surface area contributed by atoms with Gasteiger partial charge in [0.15, 0.2) is 11.5 Å². The van der Waals surface area contributed by atoms with E-state index in [9.17, 15) is 0 Å². The topological polar surface area (TPSA) is 73.2 Å². The molecule has 17 heavy (non-hydrogen) atoms. The number of nitrogen functional groups attached to an aromatic ring is 1. The molecule has 0 spiro atoms. The van der Waals surface area contributed by atoms with Crippen molar-refractivity contribution in [2.75, 3.05) is 18.9 Å². The predicted molar refractivity (Wildman–Crippen MR) is 64.4 cm³/mol. The van der Waals surface area contributed by atoms with Crippen molar-refractivity contribution in [1.82, 2.24) is 10.2 Å². The van der Waals surface area contributed by atoms with Gasteiger partial charge in [0.25, 0.3) is 0 Å². The number of hydrogen-bond acceptors (Lipinski definition) is 4. The molecule has 2 aromatic rings. The number of aromatic amines is 1. The summed E-state index contributed by atoms with van der Waals surface area (Å²) in [4.78, 5) is 0. The number of rotatable bonds is 1. The van der Waals surface area contributed by atoms with Gasteiger partial charge in [-0.15, -0.1) is 0 Å². The van der Waals surface area contributed by atoms with E-state index in [-0.39, 0.29) is 0 Å². The third-order valence-electron chi connectivity index (χ3n) is 2.53. The molecule has 0 atom stereocenters. The van der Waals surface area contributed by atoms with Gasteiger partial charge in [-0.2, -0.15) is 5.10 Å². The summed E-state index contributed by atoms with van der Waals surface area (Å²) in [5.74, 6) is 1.64. The first-order valence-electron chi connectivity index (χ1n) is 5.15. The Morgan fingerprint density at radius 1 is 1.24 bits per heavy atom. The maximum Gasteiger partial charge on any atom is 0.180 e. The molecule has 88 valence electrons. The summed E-state index contributed by atoms with van der Waals surface area (Å²) in [6.45, 7) is 1.01. The molecule has 0 saturated heterocycles. The van der Waals surface area contributed by atoms with E-state index in [1.165, 1.54) is 0 Å². The Kier molecular flexibility index (Phi) is 2.33. The first kappa shape index (κ1) is 10.3. The molecule has 0 amide bonds. The lowest BCUT2D eigenvalue weighted by Gasteiger charge is -2.21. The fourth-order valence-corrected chi connectivity index (χ4v) is 1.99. The number of halogens is 1. The molecule has 3 rings (SSSR count). The predicted octanol–water partition coefficient (Wildman–Crippen LogP) is 2.08. The fraction of sp³-hybridized carbons (Fsp3) is 0.182. The number of nitrogens with two attached hydrogens (primary N) is 1. The molecule has 0 unspecified atom stereocenters. The van der Waals surface area contributed by atoms with Crippen LogP contribution in [0.5, 0.6) is 11.5 Å². The van der Waals surface area contributed by atoms with Gasteiger partial charge in [-0.3, -0.25) is 5.10 Å². The van der Waals surface area contributed by atoms with Crippen molar-refractivity contribution in [1.29, 1.82) is 0 Å². The highest BCUT2D eigenvalue weighted by atomic mass is 35.5. The normalized spacial score (nSPS) is 13.7. The molecule has 0 aliphatic carbocycles. The molecule has 0 radical (unpaired) electrons. The Labute approximate surface area is 102 Å². The van der Waals surface area contributed by atoms with Crippen LogP contribution in [-0.2, 0) is 0 Å². The van der Waals surface area contributed by atoms with Crippen LogP contribution in [0.15, 0.2) is 18.2 Å². The van der Waals surface area contributed by atoms with Crippen LogP contribution in [-0.4, -0.2) is 23.4 Å². The summed E-state index contributed by atoms with van der Waals surface area (Å²) in [6.07, 6.45) is 0. The largest absolute Gasteiger partial charge is 0.485 e. The van der Waals surface area contributed by atoms with E-state index in [1.807, 2.05) is 6.07 Å². The lowest BCUT2D eigenvalue weighted by atomic mass is 10.1. The van der Waals surface area contributed by atoms with Crippen LogP contribution in [0.25, 0.3) is 11.3 Å². The summed E-state index contributed by atoms with van der Waals surface area (Å²) in [7, 11) is 0. The molecule has 0 bridgehead atoms. The highest BCUT2D eigenvalue weighted by Crippen LogP contribution is 2.44. The second-order valence-electron chi connectivity index (χ2n) is 3.66. The maximum atomic E-state index is 6.05. The van der Waals surface area contributed by atoms with Gasteiger partial charge in [-0.05, 0) is 12.1 Å². The highest BCUT2D eigenvalue weighted by molar-refractivity contribution is 6.32. The van der Waals surface area contributed by atoms with Crippen molar-refractivity contribution in [3.63, 3.8) is 0 Å². The molecule has 3 N–H and O–H groups in total. The van der Waals surface area contributed by atoms with Gasteiger partial charge in [0.2, 0.25) is 0 Å². The lowest BCUT2D eigenvalue weighted by Crippen LogP contribution is -2.16. The molecular weight excluding hydrogens is 242 g/mol. The number of nitrogens with one attached hydrogen (secondary N) is 1.